The lowest BCUT2D eigenvalue weighted by Crippen LogP contribution is -2.48. The Labute approximate surface area is 212 Å². The van der Waals surface area contributed by atoms with Gasteiger partial charge in [0.15, 0.2) is 4.77 Å². The van der Waals surface area contributed by atoms with Crippen LogP contribution >= 0.6 is 12.2 Å². The van der Waals surface area contributed by atoms with Crippen LogP contribution in [0.2, 0.25) is 0 Å². The van der Waals surface area contributed by atoms with Gasteiger partial charge >= 0.3 is 0 Å². The fraction of sp³-hybridized carbons (Fsp3) is 0.222. The Bertz CT molecular complexity index is 1650. The Morgan fingerprint density at radius 1 is 1.03 bits per heavy atom. The van der Waals surface area contributed by atoms with Gasteiger partial charge in [-0.2, -0.15) is 0 Å². The van der Waals surface area contributed by atoms with E-state index in [9.17, 15) is 9.18 Å². The van der Waals surface area contributed by atoms with E-state index in [-0.39, 0.29) is 11.7 Å². The van der Waals surface area contributed by atoms with Gasteiger partial charge in [-0.1, -0.05) is 24.3 Å². The molecule has 0 aliphatic carbocycles. The molecule has 0 bridgehead atoms. The maximum atomic E-state index is 14.1. The van der Waals surface area contributed by atoms with Crippen LogP contribution in [0.3, 0.4) is 0 Å². The lowest BCUT2D eigenvalue weighted by molar-refractivity contribution is 0.0948. The number of para-hydroxylation sites is 3. The summed E-state index contributed by atoms with van der Waals surface area (Å²) < 4.78 is 16.5. The normalized spacial score (nSPS) is 14.6. The highest BCUT2D eigenvalue weighted by Gasteiger charge is 2.19. The molecular formula is C27H25FN6OS. The lowest BCUT2D eigenvalue weighted by Gasteiger charge is -2.36. The Morgan fingerprint density at radius 3 is 2.64 bits per heavy atom. The highest BCUT2D eigenvalue weighted by atomic mass is 32.1. The SMILES string of the molecule is O=C(NCCN1CCN(c2ccccc2F)CC1)c1ccc2c(c1)[nH]c(=S)n1c3ccccc3nc21. The molecule has 0 unspecified atom stereocenters. The predicted octanol–water partition coefficient (Wildman–Crippen LogP) is 4.39. The molecule has 2 N–H and O–H groups in total. The molecule has 9 heteroatoms. The number of rotatable bonds is 5. The van der Waals surface area contributed by atoms with Crippen molar-refractivity contribution in [3.8, 4) is 0 Å². The van der Waals surface area contributed by atoms with E-state index < -0.39 is 0 Å². The maximum Gasteiger partial charge on any atom is 0.251 e. The summed E-state index contributed by atoms with van der Waals surface area (Å²) in [6, 6.07) is 20.3. The van der Waals surface area contributed by atoms with Crippen LogP contribution in [0.25, 0.3) is 27.6 Å². The van der Waals surface area contributed by atoms with Crippen molar-refractivity contribution in [2.45, 2.75) is 0 Å². The Kier molecular flexibility index (Phi) is 5.86. The van der Waals surface area contributed by atoms with Crippen LogP contribution in [-0.4, -0.2) is 64.4 Å². The minimum absolute atomic E-state index is 0.130. The van der Waals surface area contributed by atoms with Gasteiger partial charge in [-0.3, -0.25) is 14.1 Å². The van der Waals surface area contributed by atoms with Crippen LogP contribution in [0.5, 0.6) is 0 Å². The number of nitrogens with zero attached hydrogens (tertiary/aromatic N) is 4. The number of piperazine rings is 1. The number of aromatic amines is 1. The zero-order chi connectivity index (χ0) is 24.6. The molecule has 182 valence electrons. The summed E-state index contributed by atoms with van der Waals surface area (Å²) in [6.07, 6.45) is 0. The molecule has 7 nitrogen and oxygen atoms in total. The summed E-state index contributed by atoms with van der Waals surface area (Å²) in [7, 11) is 0. The van der Waals surface area contributed by atoms with E-state index in [1.807, 2.05) is 59.0 Å². The van der Waals surface area contributed by atoms with Crippen LogP contribution in [0.1, 0.15) is 10.4 Å². The molecule has 3 heterocycles. The molecule has 1 amide bonds. The summed E-state index contributed by atoms with van der Waals surface area (Å²) in [5, 5.41) is 3.93. The van der Waals surface area contributed by atoms with E-state index in [0.29, 0.717) is 22.6 Å². The number of anilines is 1. The smallest absolute Gasteiger partial charge is 0.251 e. The monoisotopic (exact) mass is 500 g/mol. The van der Waals surface area contributed by atoms with Gasteiger partial charge in [0.25, 0.3) is 5.91 Å². The van der Waals surface area contributed by atoms with Crippen molar-refractivity contribution in [1.29, 1.82) is 0 Å². The van der Waals surface area contributed by atoms with Crippen molar-refractivity contribution in [3.05, 3.63) is 82.9 Å². The lowest BCUT2D eigenvalue weighted by atomic mass is 10.1. The number of carbonyl (C=O) groups excluding carboxylic acids is 1. The zero-order valence-corrected chi connectivity index (χ0v) is 20.4. The second-order valence-electron chi connectivity index (χ2n) is 8.99. The van der Waals surface area contributed by atoms with E-state index in [4.69, 9.17) is 17.2 Å². The Balaban J connectivity index is 1.11. The number of hydrogen-bond acceptors (Lipinski definition) is 5. The van der Waals surface area contributed by atoms with Crippen LogP contribution < -0.4 is 10.2 Å². The standard InChI is InChI=1S/C27H25FN6OS/c28-20-5-1-3-7-23(20)33-15-13-32(14-16-33)12-11-29-26(35)18-9-10-19-22(17-18)31-27(36)34-24-8-4-2-6-21(24)30-25(19)34/h1-10,17H,11-16H2,(H,29,35)(H,31,36). The van der Waals surface area contributed by atoms with Gasteiger partial charge < -0.3 is 15.2 Å². The second-order valence-corrected chi connectivity index (χ2v) is 9.37. The molecule has 1 fully saturated rings. The molecule has 0 saturated carbocycles. The molecular weight excluding hydrogens is 475 g/mol. The van der Waals surface area contributed by atoms with Crippen LogP contribution in [-0.2, 0) is 0 Å². The minimum atomic E-state index is -0.184. The molecule has 0 radical (unpaired) electrons. The first kappa shape index (κ1) is 22.6. The van der Waals surface area contributed by atoms with E-state index >= 15 is 0 Å². The van der Waals surface area contributed by atoms with Gasteiger partial charge in [0.05, 0.1) is 22.2 Å². The molecule has 3 aromatic carbocycles. The van der Waals surface area contributed by atoms with Gasteiger partial charge in [-0.15, -0.1) is 0 Å². The van der Waals surface area contributed by atoms with Crippen molar-refractivity contribution >= 4 is 51.4 Å². The van der Waals surface area contributed by atoms with Crippen LogP contribution in [0.15, 0.2) is 66.7 Å². The first-order chi connectivity index (χ1) is 17.6. The minimum Gasteiger partial charge on any atom is -0.367 e. The number of imidazole rings is 1. The Hall–Kier alpha value is -3.82. The average Bonchev–Trinajstić information content (AvgIpc) is 3.30. The third-order valence-corrected chi connectivity index (χ3v) is 7.09. The number of amides is 1. The van der Waals surface area contributed by atoms with E-state index in [1.165, 1.54) is 6.07 Å². The number of benzene rings is 3. The number of fused-ring (bicyclic) bond motifs is 5. The molecule has 36 heavy (non-hydrogen) atoms. The van der Waals surface area contributed by atoms with Gasteiger partial charge in [-0.25, -0.2) is 9.37 Å². The molecule has 0 atom stereocenters. The summed E-state index contributed by atoms with van der Waals surface area (Å²) in [4.78, 5) is 25.2. The quantitative estimate of drug-likeness (QED) is 0.351. The van der Waals surface area contributed by atoms with E-state index in [0.717, 1.165) is 60.3 Å². The molecule has 0 spiro atoms. The highest BCUT2D eigenvalue weighted by Crippen LogP contribution is 2.24. The van der Waals surface area contributed by atoms with Gasteiger partial charge in [-0.05, 0) is 54.7 Å². The number of nitrogens with one attached hydrogen (secondary N) is 2. The van der Waals surface area contributed by atoms with Crippen molar-refractivity contribution in [2.24, 2.45) is 0 Å². The zero-order valence-electron chi connectivity index (χ0n) is 19.6. The van der Waals surface area contributed by atoms with Crippen molar-refractivity contribution in [3.63, 3.8) is 0 Å². The summed E-state index contributed by atoms with van der Waals surface area (Å²) >= 11 is 5.60. The van der Waals surface area contributed by atoms with Crippen molar-refractivity contribution in [1.82, 2.24) is 24.6 Å². The molecule has 5 aromatic rings. The fourth-order valence-corrected chi connectivity index (χ4v) is 5.21. The van der Waals surface area contributed by atoms with Crippen LogP contribution in [0.4, 0.5) is 10.1 Å². The first-order valence-corrected chi connectivity index (χ1v) is 12.4. The van der Waals surface area contributed by atoms with E-state index in [1.54, 1.807) is 6.07 Å². The van der Waals surface area contributed by atoms with Gasteiger partial charge in [0.1, 0.15) is 11.5 Å². The average molecular weight is 501 g/mol. The number of halogens is 1. The first-order valence-electron chi connectivity index (χ1n) is 12.0. The van der Waals surface area contributed by atoms with Crippen molar-refractivity contribution in [2.75, 3.05) is 44.2 Å². The molecule has 1 aliphatic heterocycles. The third kappa shape index (κ3) is 4.10. The van der Waals surface area contributed by atoms with Gasteiger partial charge in [0.2, 0.25) is 0 Å². The molecule has 2 aromatic heterocycles. The van der Waals surface area contributed by atoms with Crippen molar-refractivity contribution < 1.29 is 9.18 Å². The summed E-state index contributed by atoms with van der Waals surface area (Å²) in [6.45, 7) is 4.45. The van der Waals surface area contributed by atoms with Gasteiger partial charge in [0, 0.05) is 50.2 Å². The number of hydrogen-bond donors (Lipinski definition) is 2. The third-order valence-electron chi connectivity index (χ3n) is 6.81. The van der Waals surface area contributed by atoms with Crippen LogP contribution in [0, 0.1) is 10.6 Å². The topological polar surface area (TPSA) is 68.7 Å². The second kappa shape index (κ2) is 9.33. The largest absolute Gasteiger partial charge is 0.367 e. The molecule has 1 aliphatic rings. The Morgan fingerprint density at radius 2 is 1.81 bits per heavy atom. The predicted molar refractivity (Wildman–Crippen MR) is 143 cm³/mol. The summed E-state index contributed by atoms with van der Waals surface area (Å²) in [5.41, 5.74) is 4.60. The maximum absolute atomic E-state index is 14.1. The molecule has 6 rings (SSSR count). The number of aromatic nitrogens is 3. The summed E-state index contributed by atoms with van der Waals surface area (Å²) in [5.74, 6) is -0.314. The highest BCUT2D eigenvalue weighted by molar-refractivity contribution is 7.71. The number of carbonyl (C=O) groups is 1. The van der Waals surface area contributed by atoms with E-state index in [2.05, 4.69) is 20.1 Å². The fourth-order valence-electron chi connectivity index (χ4n) is 4.92. The molecule has 1 saturated heterocycles. The number of H-pyrrole nitrogens is 1.